The van der Waals surface area contributed by atoms with E-state index in [9.17, 15) is 0 Å². The molecule has 1 saturated carbocycles. The first-order chi connectivity index (χ1) is 9.51. The SMILES string of the molecule is CCC1CCN(C2CC(C(C)(C)CC)CCC2NC)C1. The summed E-state index contributed by atoms with van der Waals surface area (Å²) in [5.74, 6) is 1.86. The van der Waals surface area contributed by atoms with Crippen LogP contribution in [0.3, 0.4) is 0 Å². The van der Waals surface area contributed by atoms with Gasteiger partial charge in [0.25, 0.3) is 0 Å². The van der Waals surface area contributed by atoms with Crippen LogP contribution in [0.4, 0.5) is 0 Å². The summed E-state index contributed by atoms with van der Waals surface area (Å²) in [5.41, 5.74) is 0.515. The van der Waals surface area contributed by atoms with E-state index in [0.29, 0.717) is 5.41 Å². The average Bonchev–Trinajstić information content (AvgIpc) is 2.95. The van der Waals surface area contributed by atoms with E-state index in [1.165, 1.54) is 51.6 Å². The summed E-state index contributed by atoms with van der Waals surface area (Å²) < 4.78 is 0. The fraction of sp³-hybridized carbons (Fsp3) is 1.00. The van der Waals surface area contributed by atoms with Crippen LogP contribution in [0, 0.1) is 17.3 Å². The largest absolute Gasteiger partial charge is 0.315 e. The van der Waals surface area contributed by atoms with Gasteiger partial charge in [-0.15, -0.1) is 0 Å². The van der Waals surface area contributed by atoms with Crippen LogP contribution in [0.15, 0.2) is 0 Å². The molecule has 2 aliphatic rings. The number of hydrogen-bond donors (Lipinski definition) is 1. The Bertz CT molecular complexity index is 300. The molecule has 0 aromatic rings. The van der Waals surface area contributed by atoms with Crippen molar-refractivity contribution in [3.05, 3.63) is 0 Å². The highest BCUT2D eigenvalue weighted by Crippen LogP contribution is 2.42. The molecule has 118 valence electrons. The summed E-state index contributed by atoms with van der Waals surface area (Å²) in [6, 6.07) is 1.50. The Hall–Kier alpha value is -0.0800. The Morgan fingerprint density at radius 3 is 2.45 bits per heavy atom. The zero-order valence-electron chi connectivity index (χ0n) is 14.4. The third kappa shape index (κ3) is 3.39. The predicted molar refractivity (Wildman–Crippen MR) is 88.0 cm³/mol. The molecule has 0 amide bonds. The lowest BCUT2D eigenvalue weighted by Gasteiger charge is -2.46. The van der Waals surface area contributed by atoms with Crippen molar-refractivity contribution in [2.24, 2.45) is 17.3 Å². The van der Waals surface area contributed by atoms with E-state index in [-0.39, 0.29) is 0 Å². The molecule has 4 unspecified atom stereocenters. The Morgan fingerprint density at radius 2 is 1.90 bits per heavy atom. The van der Waals surface area contributed by atoms with Gasteiger partial charge in [-0.25, -0.2) is 0 Å². The van der Waals surface area contributed by atoms with Gasteiger partial charge in [-0.2, -0.15) is 0 Å². The number of nitrogens with one attached hydrogen (secondary N) is 1. The van der Waals surface area contributed by atoms with Crippen LogP contribution in [-0.4, -0.2) is 37.1 Å². The van der Waals surface area contributed by atoms with E-state index in [0.717, 1.165) is 23.9 Å². The molecular weight excluding hydrogens is 244 g/mol. The van der Waals surface area contributed by atoms with Crippen molar-refractivity contribution in [2.75, 3.05) is 20.1 Å². The fourth-order valence-corrected chi connectivity index (χ4v) is 4.38. The van der Waals surface area contributed by atoms with Gasteiger partial charge in [-0.05, 0) is 56.5 Å². The molecule has 2 rings (SSSR count). The topological polar surface area (TPSA) is 15.3 Å². The zero-order valence-corrected chi connectivity index (χ0v) is 14.4. The average molecular weight is 280 g/mol. The molecule has 1 N–H and O–H groups in total. The molecule has 0 aromatic heterocycles. The number of nitrogens with zero attached hydrogens (tertiary/aromatic N) is 1. The van der Waals surface area contributed by atoms with Crippen molar-refractivity contribution in [3.8, 4) is 0 Å². The minimum absolute atomic E-state index is 0.515. The second-order valence-corrected chi connectivity index (χ2v) is 7.87. The molecule has 2 fully saturated rings. The van der Waals surface area contributed by atoms with Crippen LogP contribution in [0.1, 0.15) is 66.2 Å². The van der Waals surface area contributed by atoms with Crippen LogP contribution in [-0.2, 0) is 0 Å². The van der Waals surface area contributed by atoms with E-state index in [1.807, 2.05) is 0 Å². The van der Waals surface area contributed by atoms with Gasteiger partial charge in [0, 0.05) is 18.6 Å². The first kappa shape index (κ1) is 16.3. The smallest absolute Gasteiger partial charge is 0.0252 e. The Kier molecular flexibility index (Phi) is 5.53. The second kappa shape index (κ2) is 6.79. The molecule has 1 heterocycles. The van der Waals surface area contributed by atoms with Gasteiger partial charge in [0.05, 0.1) is 0 Å². The lowest BCUT2D eigenvalue weighted by molar-refractivity contribution is 0.0617. The quantitative estimate of drug-likeness (QED) is 0.821. The Morgan fingerprint density at radius 1 is 1.15 bits per heavy atom. The summed E-state index contributed by atoms with van der Waals surface area (Å²) in [6.07, 6.45) is 8.27. The first-order valence-corrected chi connectivity index (χ1v) is 8.93. The molecule has 2 heteroatoms. The van der Waals surface area contributed by atoms with E-state index in [1.54, 1.807) is 0 Å². The predicted octanol–water partition coefficient (Wildman–Crippen LogP) is 3.91. The maximum Gasteiger partial charge on any atom is 0.0252 e. The molecule has 1 saturated heterocycles. The van der Waals surface area contributed by atoms with Crippen molar-refractivity contribution in [2.45, 2.75) is 78.3 Å². The van der Waals surface area contributed by atoms with Crippen molar-refractivity contribution < 1.29 is 0 Å². The summed E-state index contributed by atoms with van der Waals surface area (Å²) in [4.78, 5) is 2.81. The van der Waals surface area contributed by atoms with Crippen molar-refractivity contribution >= 4 is 0 Å². The van der Waals surface area contributed by atoms with Gasteiger partial charge in [-0.3, -0.25) is 4.90 Å². The van der Waals surface area contributed by atoms with Crippen LogP contribution < -0.4 is 5.32 Å². The Balaban J connectivity index is 2.03. The molecule has 0 radical (unpaired) electrons. The maximum absolute atomic E-state index is 3.61. The summed E-state index contributed by atoms with van der Waals surface area (Å²) in [5, 5.41) is 3.61. The van der Waals surface area contributed by atoms with Crippen LogP contribution in [0.5, 0.6) is 0 Å². The minimum Gasteiger partial charge on any atom is -0.315 e. The molecule has 1 aliphatic carbocycles. The molecule has 2 nitrogen and oxygen atoms in total. The van der Waals surface area contributed by atoms with Crippen molar-refractivity contribution in [1.82, 2.24) is 10.2 Å². The number of likely N-dealkylation sites (N-methyl/N-ethyl adjacent to an activating group) is 1. The highest BCUT2D eigenvalue weighted by molar-refractivity contribution is 4.96. The number of rotatable bonds is 5. The molecule has 0 aromatic carbocycles. The van der Waals surface area contributed by atoms with Gasteiger partial charge < -0.3 is 5.32 Å². The highest BCUT2D eigenvalue weighted by Gasteiger charge is 2.40. The lowest BCUT2D eigenvalue weighted by atomic mass is 9.67. The minimum atomic E-state index is 0.515. The van der Waals surface area contributed by atoms with E-state index in [4.69, 9.17) is 0 Å². The van der Waals surface area contributed by atoms with Gasteiger partial charge in [-0.1, -0.05) is 40.5 Å². The normalized spacial score (nSPS) is 36.5. The maximum atomic E-state index is 3.61. The monoisotopic (exact) mass is 280 g/mol. The van der Waals surface area contributed by atoms with Crippen molar-refractivity contribution in [3.63, 3.8) is 0 Å². The summed E-state index contributed by atoms with van der Waals surface area (Å²) in [6.45, 7) is 12.4. The van der Waals surface area contributed by atoms with E-state index in [2.05, 4.69) is 45.0 Å². The van der Waals surface area contributed by atoms with Gasteiger partial charge >= 0.3 is 0 Å². The Labute approximate surface area is 126 Å². The second-order valence-electron chi connectivity index (χ2n) is 7.87. The molecule has 0 spiro atoms. The van der Waals surface area contributed by atoms with Crippen LogP contribution in [0.2, 0.25) is 0 Å². The van der Waals surface area contributed by atoms with Gasteiger partial charge in [0.2, 0.25) is 0 Å². The molecule has 4 atom stereocenters. The van der Waals surface area contributed by atoms with Crippen LogP contribution >= 0.6 is 0 Å². The standard InChI is InChI=1S/C18H36N2/c1-6-14-10-11-20(13-14)17-12-15(18(3,4)7-2)8-9-16(17)19-5/h14-17,19H,6-13H2,1-5H3. The van der Waals surface area contributed by atoms with E-state index < -0.39 is 0 Å². The zero-order chi connectivity index (χ0) is 14.8. The third-order valence-corrected chi connectivity index (χ3v) is 6.57. The van der Waals surface area contributed by atoms with Crippen molar-refractivity contribution in [1.29, 1.82) is 0 Å². The number of hydrogen-bond acceptors (Lipinski definition) is 2. The third-order valence-electron chi connectivity index (χ3n) is 6.57. The molecule has 20 heavy (non-hydrogen) atoms. The summed E-state index contributed by atoms with van der Waals surface area (Å²) >= 11 is 0. The van der Waals surface area contributed by atoms with E-state index >= 15 is 0 Å². The molecule has 1 aliphatic heterocycles. The van der Waals surface area contributed by atoms with Crippen LogP contribution in [0.25, 0.3) is 0 Å². The first-order valence-electron chi connectivity index (χ1n) is 8.93. The number of likely N-dealkylation sites (tertiary alicyclic amines) is 1. The van der Waals surface area contributed by atoms with Gasteiger partial charge in [0.1, 0.15) is 0 Å². The summed E-state index contributed by atoms with van der Waals surface area (Å²) in [7, 11) is 2.16. The molecular formula is C18H36N2. The molecule has 0 bridgehead atoms. The lowest BCUT2D eigenvalue weighted by Crippen LogP contribution is -2.53. The highest BCUT2D eigenvalue weighted by atomic mass is 15.2. The fourth-order valence-electron chi connectivity index (χ4n) is 4.38. The van der Waals surface area contributed by atoms with Gasteiger partial charge in [0.15, 0.2) is 0 Å².